The lowest BCUT2D eigenvalue weighted by molar-refractivity contribution is -0.137. The number of aryl methyl sites for hydroxylation is 1. The molecular formula is C21H29F3IN7. The third-order valence-corrected chi connectivity index (χ3v) is 5.71. The molecule has 2 aliphatic rings. The Kier molecular flexibility index (Phi) is 8.37. The van der Waals surface area contributed by atoms with Crippen molar-refractivity contribution in [3.63, 3.8) is 0 Å². The van der Waals surface area contributed by atoms with E-state index < -0.39 is 11.7 Å². The van der Waals surface area contributed by atoms with E-state index in [2.05, 4.69) is 35.3 Å². The predicted octanol–water partition coefficient (Wildman–Crippen LogP) is 3.19. The molecule has 1 aromatic heterocycles. The number of halogens is 4. The molecule has 1 aromatic carbocycles. The summed E-state index contributed by atoms with van der Waals surface area (Å²) in [6.45, 7) is 6.55. The molecule has 2 aliphatic heterocycles. The number of hydrogen-bond acceptors (Lipinski definition) is 4. The van der Waals surface area contributed by atoms with Crippen molar-refractivity contribution >= 4 is 29.9 Å². The Morgan fingerprint density at radius 2 is 1.97 bits per heavy atom. The molecule has 3 heterocycles. The molecule has 0 saturated carbocycles. The normalized spacial score (nSPS) is 19.0. The first-order chi connectivity index (χ1) is 14.9. The molecule has 32 heavy (non-hydrogen) atoms. The maximum atomic E-state index is 12.7. The highest BCUT2D eigenvalue weighted by atomic mass is 127. The van der Waals surface area contributed by atoms with E-state index in [1.54, 1.807) is 12.1 Å². The van der Waals surface area contributed by atoms with Gasteiger partial charge in [-0.3, -0.25) is 4.90 Å². The predicted molar refractivity (Wildman–Crippen MR) is 127 cm³/mol. The molecule has 4 rings (SSSR count). The van der Waals surface area contributed by atoms with Gasteiger partial charge in [-0.05, 0) is 37.5 Å². The number of nitrogens with zero attached hydrogens (tertiary/aromatic N) is 5. The highest BCUT2D eigenvalue weighted by Gasteiger charge is 2.30. The van der Waals surface area contributed by atoms with Crippen molar-refractivity contribution in [3.05, 3.63) is 47.0 Å². The van der Waals surface area contributed by atoms with Crippen LogP contribution in [-0.2, 0) is 32.2 Å². The average molecular weight is 563 g/mol. The molecule has 1 saturated heterocycles. The number of rotatable bonds is 6. The van der Waals surface area contributed by atoms with Crippen LogP contribution in [0.4, 0.5) is 13.2 Å². The fourth-order valence-electron chi connectivity index (χ4n) is 4.14. The van der Waals surface area contributed by atoms with E-state index in [4.69, 9.17) is 0 Å². The fraction of sp³-hybridized carbons (Fsp3) is 0.571. The van der Waals surface area contributed by atoms with Crippen LogP contribution < -0.4 is 10.6 Å². The first kappa shape index (κ1) is 24.7. The molecule has 0 radical (unpaired) electrons. The SMILES string of the molecule is CCNC(=NCc1nnc2n1CCC2)NC1CCN(Cc2ccc(C(F)(F)F)cc2)C1.I. The van der Waals surface area contributed by atoms with E-state index in [1.165, 1.54) is 0 Å². The molecule has 1 atom stereocenters. The molecular weight excluding hydrogens is 534 g/mol. The van der Waals surface area contributed by atoms with Gasteiger partial charge in [-0.1, -0.05) is 12.1 Å². The third kappa shape index (κ3) is 6.12. The topological polar surface area (TPSA) is 70.4 Å². The largest absolute Gasteiger partial charge is 0.416 e. The molecule has 0 aliphatic carbocycles. The van der Waals surface area contributed by atoms with Crippen molar-refractivity contribution in [3.8, 4) is 0 Å². The van der Waals surface area contributed by atoms with Crippen molar-refractivity contribution in [1.82, 2.24) is 30.3 Å². The first-order valence-corrected chi connectivity index (χ1v) is 10.8. The fourth-order valence-corrected chi connectivity index (χ4v) is 4.14. The quantitative estimate of drug-likeness (QED) is 0.321. The summed E-state index contributed by atoms with van der Waals surface area (Å²) in [7, 11) is 0. The smallest absolute Gasteiger partial charge is 0.357 e. The molecule has 0 spiro atoms. The zero-order valence-corrected chi connectivity index (χ0v) is 20.4. The van der Waals surface area contributed by atoms with Crippen LogP contribution in [0.15, 0.2) is 29.3 Å². The molecule has 2 aromatic rings. The van der Waals surface area contributed by atoms with Gasteiger partial charge < -0.3 is 15.2 Å². The van der Waals surface area contributed by atoms with Gasteiger partial charge in [0, 0.05) is 45.2 Å². The number of nitrogens with one attached hydrogen (secondary N) is 2. The van der Waals surface area contributed by atoms with Crippen molar-refractivity contribution in [2.45, 2.75) is 58.0 Å². The van der Waals surface area contributed by atoms with E-state index in [1.807, 2.05) is 6.92 Å². The Morgan fingerprint density at radius 1 is 1.19 bits per heavy atom. The van der Waals surface area contributed by atoms with E-state index >= 15 is 0 Å². The van der Waals surface area contributed by atoms with Crippen molar-refractivity contribution in [2.75, 3.05) is 19.6 Å². The molecule has 11 heteroatoms. The van der Waals surface area contributed by atoms with Gasteiger partial charge in [0.15, 0.2) is 11.8 Å². The molecule has 176 valence electrons. The molecule has 1 unspecified atom stereocenters. The van der Waals surface area contributed by atoms with Crippen LogP contribution in [-0.4, -0.2) is 51.3 Å². The Morgan fingerprint density at radius 3 is 2.69 bits per heavy atom. The van der Waals surface area contributed by atoms with E-state index in [0.717, 1.165) is 80.7 Å². The van der Waals surface area contributed by atoms with Crippen molar-refractivity contribution in [1.29, 1.82) is 0 Å². The summed E-state index contributed by atoms with van der Waals surface area (Å²) in [6, 6.07) is 5.66. The van der Waals surface area contributed by atoms with Crippen LogP contribution in [0.2, 0.25) is 0 Å². The van der Waals surface area contributed by atoms with E-state index in [-0.39, 0.29) is 30.0 Å². The van der Waals surface area contributed by atoms with Crippen LogP contribution in [0.1, 0.15) is 42.5 Å². The van der Waals surface area contributed by atoms with Crippen LogP contribution in [0.3, 0.4) is 0 Å². The van der Waals surface area contributed by atoms with Crippen molar-refractivity contribution < 1.29 is 13.2 Å². The Labute approximate surface area is 202 Å². The maximum Gasteiger partial charge on any atom is 0.416 e. The van der Waals surface area contributed by atoms with Crippen LogP contribution in [0.5, 0.6) is 0 Å². The summed E-state index contributed by atoms with van der Waals surface area (Å²) in [5.74, 6) is 2.68. The molecule has 1 fully saturated rings. The third-order valence-electron chi connectivity index (χ3n) is 5.71. The zero-order chi connectivity index (χ0) is 21.8. The van der Waals surface area contributed by atoms with Gasteiger partial charge in [0.05, 0.1) is 5.56 Å². The number of guanidine groups is 1. The lowest BCUT2D eigenvalue weighted by Crippen LogP contribution is -2.44. The molecule has 0 amide bonds. The summed E-state index contributed by atoms with van der Waals surface area (Å²) in [4.78, 5) is 6.93. The Hall–Kier alpha value is -1.89. The lowest BCUT2D eigenvalue weighted by atomic mass is 10.1. The van der Waals surface area contributed by atoms with Crippen LogP contribution in [0, 0.1) is 0 Å². The Balaban J connectivity index is 0.00000289. The number of aromatic nitrogens is 3. The number of benzene rings is 1. The van der Waals surface area contributed by atoms with Gasteiger partial charge in [0.2, 0.25) is 0 Å². The van der Waals surface area contributed by atoms with Gasteiger partial charge in [0.25, 0.3) is 0 Å². The number of hydrogen-bond donors (Lipinski definition) is 2. The highest BCUT2D eigenvalue weighted by Crippen LogP contribution is 2.29. The minimum Gasteiger partial charge on any atom is -0.357 e. The molecule has 0 bridgehead atoms. The highest BCUT2D eigenvalue weighted by molar-refractivity contribution is 14.0. The average Bonchev–Trinajstić information content (AvgIpc) is 3.44. The summed E-state index contributed by atoms with van der Waals surface area (Å²) < 4.78 is 40.3. The van der Waals surface area contributed by atoms with Crippen LogP contribution >= 0.6 is 24.0 Å². The molecule has 2 N–H and O–H groups in total. The number of fused-ring (bicyclic) bond motifs is 1. The van der Waals surface area contributed by atoms with Gasteiger partial charge in [0.1, 0.15) is 12.4 Å². The summed E-state index contributed by atoms with van der Waals surface area (Å²) >= 11 is 0. The second kappa shape index (κ2) is 10.8. The summed E-state index contributed by atoms with van der Waals surface area (Å²) in [6.07, 6.45) is -1.26. The summed E-state index contributed by atoms with van der Waals surface area (Å²) in [5.41, 5.74) is 0.275. The minimum absolute atomic E-state index is 0. The van der Waals surface area contributed by atoms with E-state index in [9.17, 15) is 13.2 Å². The monoisotopic (exact) mass is 563 g/mol. The minimum atomic E-state index is -4.30. The Bertz CT molecular complexity index is 911. The van der Waals surface area contributed by atoms with Gasteiger partial charge in [-0.2, -0.15) is 13.2 Å². The maximum absolute atomic E-state index is 12.7. The van der Waals surface area contributed by atoms with Crippen LogP contribution in [0.25, 0.3) is 0 Å². The lowest BCUT2D eigenvalue weighted by Gasteiger charge is -2.19. The van der Waals surface area contributed by atoms with Crippen molar-refractivity contribution in [2.24, 2.45) is 4.99 Å². The number of likely N-dealkylation sites (tertiary alicyclic amines) is 1. The molecule has 7 nitrogen and oxygen atoms in total. The van der Waals surface area contributed by atoms with Gasteiger partial charge in [-0.25, -0.2) is 4.99 Å². The van der Waals surface area contributed by atoms with E-state index in [0.29, 0.717) is 13.1 Å². The number of alkyl halides is 3. The van der Waals surface area contributed by atoms with Gasteiger partial charge in [-0.15, -0.1) is 34.2 Å². The first-order valence-electron chi connectivity index (χ1n) is 10.8. The summed E-state index contributed by atoms with van der Waals surface area (Å²) in [5, 5.41) is 15.2. The zero-order valence-electron chi connectivity index (χ0n) is 18.0. The second-order valence-electron chi connectivity index (χ2n) is 8.04. The number of aliphatic imine (C=N–C) groups is 1. The van der Waals surface area contributed by atoms with Gasteiger partial charge >= 0.3 is 6.18 Å². The standard InChI is InChI=1S/C21H28F3N7.HI/c1-2-25-20(26-12-19-29-28-18-4-3-10-31(18)19)27-17-9-11-30(14-17)13-15-5-7-16(8-6-15)21(22,23)24;/h5-8,17H,2-4,9-14H2,1H3,(H2,25,26,27);1H. The second-order valence-corrected chi connectivity index (χ2v) is 8.04.